The number of carbonyl (C=O) groups is 1. The molecule has 0 amide bonds. The number of fused-ring (bicyclic) bond motifs is 1. The Morgan fingerprint density at radius 3 is 3.00 bits per heavy atom. The van der Waals surface area contributed by atoms with Crippen molar-refractivity contribution in [2.45, 2.75) is 19.4 Å². The maximum Gasteiger partial charge on any atom is 0.337 e. The Labute approximate surface area is 131 Å². The Hall–Kier alpha value is -1.72. The van der Waals surface area contributed by atoms with E-state index in [2.05, 4.69) is 23.3 Å². The van der Waals surface area contributed by atoms with Gasteiger partial charge in [0.05, 0.1) is 22.3 Å². The van der Waals surface area contributed by atoms with Gasteiger partial charge in [-0.15, -0.1) is 11.3 Å². The number of nitrogen functional groups attached to an aromatic ring is 1. The van der Waals surface area contributed by atoms with Gasteiger partial charge in [0.1, 0.15) is 0 Å². The van der Waals surface area contributed by atoms with Gasteiger partial charge in [0, 0.05) is 17.1 Å². The Balaban J connectivity index is 2.11. The fourth-order valence-electron chi connectivity index (χ4n) is 2.89. The third-order valence-corrected chi connectivity index (χ3v) is 5.17. The van der Waals surface area contributed by atoms with Gasteiger partial charge in [0.25, 0.3) is 0 Å². The largest absolute Gasteiger partial charge is 0.478 e. The standard InChI is InChI=1S/C15H15ClN2O2S/c1-8-10-3-5-21-13(10)2-4-18(8)14-11(15(19)20)6-9(17)7-12(14)16/h3,5-8H,2,4,17H2,1H3,(H,19,20). The van der Waals surface area contributed by atoms with E-state index in [4.69, 9.17) is 17.3 Å². The summed E-state index contributed by atoms with van der Waals surface area (Å²) < 4.78 is 0. The summed E-state index contributed by atoms with van der Waals surface area (Å²) in [5, 5.41) is 11.9. The zero-order valence-corrected chi connectivity index (χ0v) is 13.0. The second-order valence-electron chi connectivity index (χ2n) is 5.12. The van der Waals surface area contributed by atoms with Gasteiger partial charge >= 0.3 is 5.97 Å². The third-order valence-electron chi connectivity index (χ3n) is 3.88. The van der Waals surface area contributed by atoms with E-state index in [1.807, 2.05) is 0 Å². The van der Waals surface area contributed by atoms with Crippen molar-refractivity contribution in [3.63, 3.8) is 0 Å². The summed E-state index contributed by atoms with van der Waals surface area (Å²) in [5.74, 6) is -1.01. The number of rotatable bonds is 2. The lowest BCUT2D eigenvalue weighted by Crippen LogP contribution is -2.34. The van der Waals surface area contributed by atoms with Gasteiger partial charge in [-0.3, -0.25) is 0 Å². The summed E-state index contributed by atoms with van der Waals surface area (Å²) in [4.78, 5) is 15.0. The molecule has 3 rings (SSSR count). The Bertz CT molecular complexity index is 714. The molecule has 0 aliphatic carbocycles. The third kappa shape index (κ3) is 2.36. The molecule has 1 unspecified atom stereocenters. The highest BCUT2D eigenvalue weighted by Gasteiger charge is 2.29. The molecule has 1 atom stereocenters. The predicted octanol–water partition coefficient (Wildman–Crippen LogP) is 3.81. The predicted molar refractivity (Wildman–Crippen MR) is 86.6 cm³/mol. The molecule has 3 N–H and O–H groups in total. The highest BCUT2D eigenvalue weighted by Crippen LogP contribution is 2.41. The summed E-state index contributed by atoms with van der Waals surface area (Å²) in [5.41, 5.74) is 8.05. The van der Waals surface area contributed by atoms with Gasteiger partial charge in [0.15, 0.2) is 0 Å². The van der Waals surface area contributed by atoms with E-state index in [1.54, 1.807) is 17.4 Å². The molecule has 1 aliphatic rings. The van der Waals surface area contributed by atoms with Gasteiger partial charge in [-0.25, -0.2) is 4.79 Å². The van der Waals surface area contributed by atoms with Crippen LogP contribution in [0.3, 0.4) is 0 Å². The second kappa shape index (κ2) is 5.24. The van der Waals surface area contributed by atoms with Gasteiger partial charge in [-0.05, 0) is 42.5 Å². The molecule has 1 aromatic heterocycles. The van der Waals surface area contributed by atoms with Crippen molar-refractivity contribution in [1.29, 1.82) is 0 Å². The zero-order valence-electron chi connectivity index (χ0n) is 11.5. The van der Waals surface area contributed by atoms with E-state index in [9.17, 15) is 9.90 Å². The Kier molecular flexibility index (Phi) is 3.55. The normalized spacial score (nSPS) is 17.6. The molecule has 1 aliphatic heterocycles. The highest BCUT2D eigenvalue weighted by atomic mass is 35.5. The lowest BCUT2D eigenvalue weighted by atomic mass is 9.99. The number of nitrogens with zero attached hydrogens (tertiary/aromatic N) is 1. The van der Waals surface area contributed by atoms with Crippen molar-refractivity contribution in [3.05, 3.63) is 44.6 Å². The molecule has 110 valence electrons. The quantitative estimate of drug-likeness (QED) is 0.825. The average molecular weight is 323 g/mol. The van der Waals surface area contributed by atoms with Crippen molar-refractivity contribution >= 4 is 40.3 Å². The number of carboxylic acid groups (broad SMARTS) is 1. The molecule has 0 spiro atoms. The number of hydrogen-bond donors (Lipinski definition) is 2. The van der Waals surface area contributed by atoms with Gasteiger partial charge in [-0.1, -0.05) is 11.6 Å². The summed E-state index contributed by atoms with van der Waals surface area (Å²) in [6.07, 6.45) is 0.900. The van der Waals surface area contributed by atoms with Crippen LogP contribution in [-0.4, -0.2) is 17.6 Å². The maximum atomic E-state index is 11.5. The number of halogens is 1. The van der Waals surface area contributed by atoms with E-state index in [-0.39, 0.29) is 11.6 Å². The molecular weight excluding hydrogens is 308 g/mol. The fourth-order valence-corrected chi connectivity index (χ4v) is 4.19. The van der Waals surface area contributed by atoms with Gasteiger partial charge in [-0.2, -0.15) is 0 Å². The lowest BCUT2D eigenvalue weighted by molar-refractivity contribution is 0.0697. The first-order valence-corrected chi connectivity index (χ1v) is 7.90. The van der Waals surface area contributed by atoms with Crippen LogP contribution in [0.1, 0.15) is 33.8 Å². The van der Waals surface area contributed by atoms with Crippen molar-refractivity contribution < 1.29 is 9.90 Å². The molecule has 2 heterocycles. The van der Waals surface area contributed by atoms with Gasteiger partial charge < -0.3 is 15.7 Å². The summed E-state index contributed by atoms with van der Waals surface area (Å²) in [6.45, 7) is 2.82. The van der Waals surface area contributed by atoms with Crippen LogP contribution in [0.25, 0.3) is 0 Å². The smallest absolute Gasteiger partial charge is 0.337 e. The van der Waals surface area contributed by atoms with Crippen LogP contribution < -0.4 is 10.6 Å². The van der Waals surface area contributed by atoms with Crippen molar-refractivity contribution in [2.75, 3.05) is 17.2 Å². The van der Waals surface area contributed by atoms with E-state index in [0.29, 0.717) is 16.4 Å². The zero-order chi connectivity index (χ0) is 15.1. The van der Waals surface area contributed by atoms with Gasteiger partial charge in [0.2, 0.25) is 0 Å². The van der Waals surface area contributed by atoms with E-state index in [1.165, 1.54) is 16.5 Å². The number of thiophene rings is 1. The number of carboxylic acids is 1. The summed E-state index contributed by atoms with van der Waals surface area (Å²) in [7, 11) is 0. The van der Waals surface area contributed by atoms with Crippen molar-refractivity contribution in [1.82, 2.24) is 0 Å². The van der Waals surface area contributed by atoms with Crippen LogP contribution in [0.5, 0.6) is 0 Å². The molecule has 0 radical (unpaired) electrons. The molecule has 0 saturated heterocycles. The molecule has 0 bridgehead atoms. The minimum absolute atomic E-state index is 0.0965. The fraction of sp³-hybridized carbons (Fsp3) is 0.267. The molecule has 6 heteroatoms. The summed E-state index contributed by atoms with van der Waals surface area (Å²) in [6, 6.07) is 5.28. The minimum atomic E-state index is -1.01. The number of nitrogens with two attached hydrogens (primary N) is 1. The van der Waals surface area contributed by atoms with E-state index in [0.717, 1.165) is 13.0 Å². The first-order chi connectivity index (χ1) is 9.99. The van der Waals surface area contributed by atoms with Crippen LogP contribution in [0.15, 0.2) is 23.6 Å². The molecule has 21 heavy (non-hydrogen) atoms. The lowest BCUT2D eigenvalue weighted by Gasteiger charge is -2.37. The maximum absolute atomic E-state index is 11.5. The molecule has 0 saturated carbocycles. The molecule has 0 fully saturated rings. The molecule has 2 aromatic rings. The first-order valence-electron chi connectivity index (χ1n) is 6.64. The number of hydrogen-bond acceptors (Lipinski definition) is 4. The number of anilines is 2. The second-order valence-corrected chi connectivity index (χ2v) is 6.53. The van der Waals surface area contributed by atoms with Crippen LogP contribution in [0.4, 0.5) is 11.4 Å². The monoisotopic (exact) mass is 322 g/mol. The molecular formula is C15H15ClN2O2S. The SMILES string of the molecule is CC1c2ccsc2CCN1c1c(Cl)cc(N)cc1C(=O)O. The van der Waals surface area contributed by atoms with Crippen molar-refractivity contribution in [2.24, 2.45) is 0 Å². The number of aromatic carboxylic acids is 1. The van der Waals surface area contributed by atoms with Crippen LogP contribution >= 0.6 is 22.9 Å². The topological polar surface area (TPSA) is 66.6 Å². The molecule has 1 aromatic carbocycles. The Morgan fingerprint density at radius 1 is 1.52 bits per heavy atom. The van der Waals surface area contributed by atoms with E-state index >= 15 is 0 Å². The van der Waals surface area contributed by atoms with Crippen molar-refractivity contribution in [3.8, 4) is 0 Å². The highest BCUT2D eigenvalue weighted by molar-refractivity contribution is 7.10. The van der Waals surface area contributed by atoms with Crippen LogP contribution in [0, 0.1) is 0 Å². The Morgan fingerprint density at radius 2 is 2.29 bits per heavy atom. The summed E-state index contributed by atoms with van der Waals surface area (Å²) >= 11 is 8.04. The minimum Gasteiger partial charge on any atom is -0.478 e. The first kappa shape index (κ1) is 14.2. The van der Waals surface area contributed by atoms with Crippen LogP contribution in [0.2, 0.25) is 5.02 Å². The van der Waals surface area contributed by atoms with Crippen LogP contribution in [-0.2, 0) is 6.42 Å². The average Bonchev–Trinajstić information content (AvgIpc) is 2.88. The molecule has 4 nitrogen and oxygen atoms in total. The number of benzene rings is 1. The van der Waals surface area contributed by atoms with E-state index < -0.39 is 5.97 Å².